The van der Waals surface area contributed by atoms with Crippen LogP contribution in [0.25, 0.3) is 0 Å². The summed E-state index contributed by atoms with van der Waals surface area (Å²) in [4.78, 5) is 6.17. The molecule has 0 aromatic carbocycles. The average Bonchev–Trinajstić information content (AvgIpc) is 2.82. The summed E-state index contributed by atoms with van der Waals surface area (Å²) in [7, 11) is 0. The van der Waals surface area contributed by atoms with Gasteiger partial charge in [0.2, 0.25) is 0 Å². The van der Waals surface area contributed by atoms with Crippen LogP contribution >= 0.6 is 23.1 Å². The first-order chi connectivity index (χ1) is 8.10. The van der Waals surface area contributed by atoms with Crippen LogP contribution in [0.3, 0.4) is 0 Å². The van der Waals surface area contributed by atoms with Crippen molar-refractivity contribution in [3.63, 3.8) is 0 Å². The van der Waals surface area contributed by atoms with Crippen molar-refractivity contribution in [3.8, 4) is 0 Å². The number of hydrogen-bond donors (Lipinski definition) is 1. The van der Waals surface area contributed by atoms with Crippen LogP contribution in [-0.4, -0.2) is 23.0 Å². The first-order valence-electron chi connectivity index (χ1n) is 6.37. The molecule has 2 heterocycles. The zero-order valence-corrected chi connectivity index (χ0v) is 12.8. The summed E-state index contributed by atoms with van der Waals surface area (Å²) in [5.74, 6) is 3.08. The standard InChI is InChI=1S/C13H22N2S2/c1-5-6-14-13(8-16-7-9(13)2)12-15-10(3)11(4)17-12/h9,14H,5-8H2,1-4H3. The molecule has 2 nitrogen and oxygen atoms in total. The van der Waals surface area contributed by atoms with Crippen LogP contribution in [0.5, 0.6) is 0 Å². The Balaban J connectivity index is 2.32. The molecule has 4 heteroatoms. The number of rotatable bonds is 4. The molecular weight excluding hydrogens is 248 g/mol. The topological polar surface area (TPSA) is 24.9 Å². The molecule has 1 aromatic heterocycles. The fraction of sp³-hybridized carbons (Fsp3) is 0.769. The fourth-order valence-corrected chi connectivity index (χ4v) is 5.15. The second-order valence-corrected chi connectivity index (χ2v) is 7.21. The normalized spacial score (nSPS) is 28.8. The fourth-order valence-electron chi connectivity index (χ4n) is 2.27. The van der Waals surface area contributed by atoms with Crippen LogP contribution < -0.4 is 5.32 Å². The van der Waals surface area contributed by atoms with E-state index in [2.05, 4.69) is 44.8 Å². The van der Waals surface area contributed by atoms with Gasteiger partial charge in [-0.1, -0.05) is 13.8 Å². The third-order valence-electron chi connectivity index (χ3n) is 3.64. The first kappa shape index (κ1) is 13.4. The van der Waals surface area contributed by atoms with Gasteiger partial charge in [0.1, 0.15) is 5.01 Å². The highest BCUT2D eigenvalue weighted by Crippen LogP contribution is 2.43. The molecule has 17 heavy (non-hydrogen) atoms. The van der Waals surface area contributed by atoms with E-state index < -0.39 is 0 Å². The molecular formula is C13H22N2S2. The number of thioether (sulfide) groups is 1. The summed E-state index contributed by atoms with van der Waals surface area (Å²) in [6.45, 7) is 9.97. The second kappa shape index (κ2) is 5.29. The Bertz CT molecular complexity index is 369. The van der Waals surface area contributed by atoms with Crippen molar-refractivity contribution in [3.05, 3.63) is 15.6 Å². The van der Waals surface area contributed by atoms with Crippen molar-refractivity contribution in [2.24, 2.45) is 5.92 Å². The number of aromatic nitrogens is 1. The number of nitrogens with zero attached hydrogens (tertiary/aromatic N) is 1. The predicted molar refractivity (Wildman–Crippen MR) is 78.0 cm³/mol. The Morgan fingerprint density at radius 1 is 1.47 bits per heavy atom. The maximum absolute atomic E-state index is 4.81. The largest absolute Gasteiger partial charge is 0.304 e. The maximum atomic E-state index is 4.81. The van der Waals surface area contributed by atoms with E-state index in [0.717, 1.165) is 6.54 Å². The molecule has 1 fully saturated rings. The van der Waals surface area contributed by atoms with E-state index in [1.165, 1.54) is 33.5 Å². The zero-order valence-electron chi connectivity index (χ0n) is 11.2. The van der Waals surface area contributed by atoms with Crippen LogP contribution in [0, 0.1) is 19.8 Å². The third-order valence-corrected chi connectivity index (χ3v) is 6.29. The molecule has 1 saturated heterocycles. The Morgan fingerprint density at radius 2 is 2.24 bits per heavy atom. The van der Waals surface area contributed by atoms with Gasteiger partial charge in [-0.3, -0.25) is 0 Å². The number of thiazole rings is 1. The van der Waals surface area contributed by atoms with Gasteiger partial charge in [0.15, 0.2) is 0 Å². The van der Waals surface area contributed by atoms with Crippen LogP contribution in [0.4, 0.5) is 0 Å². The van der Waals surface area contributed by atoms with Gasteiger partial charge in [-0.2, -0.15) is 11.8 Å². The molecule has 0 bridgehead atoms. The molecule has 1 aliphatic heterocycles. The molecule has 0 saturated carbocycles. The minimum Gasteiger partial charge on any atom is -0.304 e. The lowest BCUT2D eigenvalue weighted by molar-refractivity contribution is 0.289. The van der Waals surface area contributed by atoms with Gasteiger partial charge >= 0.3 is 0 Å². The summed E-state index contributed by atoms with van der Waals surface area (Å²) in [5, 5.41) is 5.08. The lowest BCUT2D eigenvalue weighted by Gasteiger charge is -2.32. The van der Waals surface area contributed by atoms with E-state index in [1.54, 1.807) is 0 Å². The SMILES string of the molecule is CCCNC1(c2nc(C)c(C)s2)CSCC1C. The molecule has 0 aliphatic carbocycles. The van der Waals surface area contributed by atoms with E-state index in [1.807, 2.05) is 11.3 Å². The lowest BCUT2D eigenvalue weighted by Crippen LogP contribution is -2.47. The Labute approximate surface area is 113 Å². The van der Waals surface area contributed by atoms with Gasteiger partial charge in [-0.25, -0.2) is 4.98 Å². The highest BCUT2D eigenvalue weighted by molar-refractivity contribution is 7.99. The average molecular weight is 270 g/mol. The summed E-state index contributed by atoms with van der Waals surface area (Å²) in [6.07, 6.45) is 1.18. The van der Waals surface area contributed by atoms with Crippen molar-refractivity contribution in [1.82, 2.24) is 10.3 Å². The molecule has 96 valence electrons. The summed E-state index contributed by atoms with van der Waals surface area (Å²) < 4.78 is 0. The molecule has 0 radical (unpaired) electrons. The summed E-state index contributed by atoms with van der Waals surface area (Å²) in [6, 6.07) is 0. The molecule has 1 N–H and O–H groups in total. The van der Waals surface area contributed by atoms with Gasteiger partial charge in [-0.05, 0) is 38.5 Å². The van der Waals surface area contributed by atoms with Crippen molar-refractivity contribution in [2.45, 2.75) is 39.7 Å². The van der Waals surface area contributed by atoms with E-state index in [9.17, 15) is 0 Å². The van der Waals surface area contributed by atoms with Gasteiger partial charge in [0.05, 0.1) is 11.2 Å². The molecule has 2 rings (SSSR count). The van der Waals surface area contributed by atoms with Gasteiger partial charge < -0.3 is 5.32 Å². The Morgan fingerprint density at radius 3 is 2.71 bits per heavy atom. The Kier molecular flexibility index (Phi) is 4.16. The van der Waals surface area contributed by atoms with Crippen molar-refractivity contribution in [1.29, 1.82) is 0 Å². The van der Waals surface area contributed by atoms with Gasteiger partial charge in [0, 0.05) is 10.6 Å². The van der Waals surface area contributed by atoms with Crippen molar-refractivity contribution in [2.75, 3.05) is 18.1 Å². The number of aryl methyl sites for hydroxylation is 2. The zero-order chi connectivity index (χ0) is 12.5. The van der Waals surface area contributed by atoms with Crippen molar-refractivity contribution >= 4 is 23.1 Å². The van der Waals surface area contributed by atoms with E-state index in [0.29, 0.717) is 5.92 Å². The predicted octanol–water partition coefficient (Wildman–Crippen LogP) is 3.34. The molecule has 1 aliphatic rings. The summed E-state index contributed by atoms with van der Waals surface area (Å²) >= 11 is 3.93. The Hall–Kier alpha value is -0.0600. The summed E-state index contributed by atoms with van der Waals surface area (Å²) in [5.41, 5.74) is 1.33. The van der Waals surface area contributed by atoms with Gasteiger partial charge in [-0.15, -0.1) is 11.3 Å². The highest BCUT2D eigenvalue weighted by atomic mass is 32.2. The lowest BCUT2D eigenvalue weighted by atomic mass is 9.89. The molecule has 0 spiro atoms. The molecule has 1 aromatic rings. The molecule has 2 unspecified atom stereocenters. The van der Waals surface area contributed by atoms with Gasteiger partial charge in [0.25, 0.3) is 0 Å². The van der Waals surface area contributed by atoms with Crippen molar-refractivity contribution < 1.29 is 0 Å². The number of hydrogen-bond acceptors (Lipinski definition) is 4. The smallest absolute Gasteiger partial charge is 0.114 e. The van der Waals surface area contributed by atoms with E-state index >= 15 is 0 Å². The maximum Gasteiger partial charge on any atom is 0.114 e. The minimum atomic E-state index is 0.129. The van der Waals surface area contributed by atoms with E-state index in [-0.39, 0.29) is 5.54 Å². The molecule has 0 amide bonds. The van der Waals surface area contributed by atoms with Crippen LogP contribution in [0.15, 0.2) is 0 Å². The molecule has 2 atom stereocenters. The van der Waals surface area contributed by atoms with E-state index in [4.69, 9.17) is 4.98 Å². The monoisotopic (exact) mass is 270 g/mol. The highest BCUT2D eigenvalue weighted by Gasteiger charge is 2.44. The third kappa shape index (κ3) is 2.40. The minimum absolute atomic E-state index is 0.129. The quantitative estimate of drug-likeness (QED) is 0.908. The van der Waals surface area contributed by atoms with Crippen LogP contribution in [0.2, 0.25) is 0 Å². The first-order valence-corrected chi connectivity index (χ1v) is 8.34. The van der Waals surface area contributed by atoms with Crippen LogP contribution in [-0.2, 0) is 5.54 Å². The second-order valence-electron chi connectivity index (χ2n) is 4.97. The number of nitrogens with one attached hydrogen (secondary N) is 1. The van der Waals surface area contributed by atoms with Crippen LogP contribution in [0.1, 0.15) is 35.8 Å².